The third-order valence-corrected chi connectivity index (χ3v) is 6.99. The van der Waals surface area contributed by atoms with E-state index in [0.29, 0.717) is 43.4 Å². The molecule has 0 bridgehead atoms. The number of morpholine rings is 1. The summed E-state index contributed by atoms with van der Waals surface area (Å²) in [5.41, 5.74) is 1.51. The first-order chi connectivity index (χ1) is 14.8. The molecule has 1 amide bonds. The standard InChI is InChI=1S/C22H28N2O6S/c1-16-14-18(31(26,27)24-10-12-29-13-11-24)8-9-20(16)30-15-22(25)23-17(2)19-6-4-5-7-21(19)28-3/h4-9,14,17H,10-13,15H2,1-3H3,(H,23,25)/t17-/m1/s1. The van der Waals surface area contributed by atoms with Crippen LogP contribution in [0.3, 0.4) is 0 Å². The molecule has 3 rings (SSSR count). The molecule has 31 heavy (non-hydrogen) atoms. The van der Waals surface area contributed by atoms with Crippen molar-refractivity contribution in [2.45, 2.75) is 24.8 Å². The van der Waals surface area contributed by atoms with Crippen LogP contribution in [0.2, 0.25) is 0 Å². The Bertz CT molecular complexity index is 1020. The lowest BCUT2D eigenvalue weighted by Crippen LogP contribution is -2.40. The van der Waals surface area contributed by atoms with Gasteiger partial charge >= 0.3 is 0 Å². The molecule has 2 aromatic rings. The van der Waals surface area contributed by atoms with Crippen LogP contribution < -0.4 is 14.8 Å². The Morgan fingerprint density at radius 1 is 1.16 bits per heavy atom. The van der Waals surface area contributed by atoms with E-state index in [1.807, 2.05) is 31.2 Å². The number of nitrogens with one attached hydrogen (secondary N) is 1. The van der Waals surface area contributed by atoms with E-state index in [9.17, 15) is 13.2 Å². The Balaban J connectivity index is 1.61. The van der Waals surface area contributed by atoms with E-state index in [1.165, 1.54) is 10.4 Å². The van der Waals surface area contributed by atoms with Gasteiger partial charge in [0.15, 0.2) is 6.61 Å². The van der Waals surface area contributed by atoms with Gasteiger partial charge in [0.1, 0.15) is 11.5 Å². The van der Waals surface area contributed by atoms with Crippen molar-refractivity contribution in [3.8, 4) is 11.5 Å². The second-order valence-corrected chi connectivity index (χ2v) is 9.20. The largest absolute Gasteiger partial charge is 0.496 e. The van der Waals surface area contributed by atoms with Crippen molar-refractivity contribution in [2.24, 2.45) is 0 Å². The number of ether oxygens (including phenoxy) is 3. The van der Waals surface area contributed by atoms with Crippen LogP contribution in [0.4, 0.5) is 0 Å². The van der Waals surface area contributed by atoms with E-state index in [0.717, 1.165) is 5.56 Å². The van der Waals surface area contributed by atoms with Gasteiger partial charge in [0.2, 0.25) is 10.0 Å². The number of aryl methyl sites for hydroxylation is 1. The zero-order valence-corrected chi connectivity index (χ0v) is 18.8. The molecule has 1 saturated heterocycles. The minimum Gasteiger partial charge on any atom is -0.496 e. The lowest BCUT2D eigenvalue weighted by Gasteiger charge is -2.26. The van der Waals surface area contributed by atoms with Gasteiger partial charge in [-0.3, -0.25) is 4.79 Å². The molecule has 0 spiro atoms. The zero-order valence-electron chi connectivity index (χ0n) is 18.0. The number of carbonyl (C=O) groups excluding carboxylic acids is 1. The fraction of sp³-hybridized carbons (Fsp3) is 0.409. The number of hydrogen-bond donors (Lipinski definition) is 1. The number of methoxy groups -OCH3 is 1. The summed E-state index contributed by atoms with van der Waals surface area (Å²) in [4.78, 5) is 12.6. The fourth-order valence-electron chi connectivity index (χ4n) is 3.41. The van der Waals surface area contributed by atoms with Crippen LogP contribution in [0.1, 0.15) is 24.1 Å². The van der Waals surface area contributed by atoms with E-state index in [-0.39, 0.29) is 23.5 Å². The highest BCUT2D eigenvalue weighted by atomic mass is 32.2. The first-order valence-corrected chi connectivity index (χ1v) is 11.5. The van der Waals surface area contributed by atoms with E-state index < -0.39 is 10.0 Å². The molecule has 0 aliphatic carbocycles. The van der Waals surface area contributed by atoms with Gasteiger partial charge in [-0.2, -0.15) is 4.31 Å². The Hall–Kier alpha value is -2.62. The van der Waals surface area contributed by atoms with Crippen LogP contribution in [0.5, 0.6) is 11.5 Å². The first kappa shape index (κ1) is 23.1. The summed E-state index contributed by atoms with van der Waals surface area (Å²) in [6.07, 6.45) is 0. The molecule has 0 aromatic heterocycles. The average Bonchev–Trinajstić information content (AvgIpc) is 2.78. The Morgan fingerprint density at radius 2 is 1.87 bits per heavy atom. The zero-order chi connectivity index (χ0) is 22.4. The number of hydrogen-bond acceptors (Lipinski definition) is 6. The summed E-state index contributed by atoms with van der Waals surface area (Å²) in [7, 11) is -1.99. The smallest absolute Gasteiger partial charge is 0.258 e. The fourth-order valence-corrected chi connectivity index (χ4v) is 4.90. The van der Waals surface area contributed by atoms with Crippen molar-refractivity contribution in [1.29, 1.82) is 0 Å². The highest BCUT2D eigenvalue weighted by Gasteiger charge is 2.26. The van der Waals surface area contributed by atoms with Crippen molar-refractivity contribution in [3.63, 3.8) is 0 Å². The number of carbonyl (C=O) groups is 1. The summed E-state index contributed by atoms with van der Waals surface area (Å²) in [6.45, 7) is 4.89. The van der Waals surface area contributed by atoms with Crippen molar-refractivity contribution < 1.29 is 27.4 Å². The van der Waals surface area contributed by atoms with Crippen molar-refractivity contribution >= 4 is 15.9 Å². The van der Waals surface area contributed by atoms with E-state index in [2.05, 4.69) is 5.32 Å². The van der Waals surface area contributed by atoms with Crippen LogP contribution >= 0.6 is 0 Å². The molecule has 1 atom stereocenters. The predicted octanol–water partition coefficient (Wildman–Crippen LogP) is 2.28. The summed E-state index contributed by atoms with van der Waals surface area (Å²) in [5.74, 6) is 0.868. The third kappa shape index (κ3) is 5.55. The Labute approximate surface area is 183 Å². The minimum absolute atomic E-state index is 0.185. The normalized spacial score (nSPS) is 15.8. The molecule has 168 valence electrons. The van der Waals surface area contributed by atoms with Crippen LogP contribution in [0.25, 0.3) is 0 Å². The first-order valence-electron chi connectivity index (χ1n) is 10.1. The maximum Gasteiger partial charge on any atom is 0.258 e. The molecular formula is C22H28N2O6S. The molecule has 1 aliphatic heterocycles. The number of amides is 1. The molecule has 1 N–H and O–H groups in total. The van der Waals surface area contributed by atoms with Gasteiger partial charge in [0.25, 0.3) is 5.91 Å². The lowest BCUT2D eigenvalue weighted by atomic mass is 10.1. The van der Waals surface area contributed by atoms with E-state index in [1.54, 1.807) is 26.2 Å². The number of nitrogens with zero attached hydrogens (tertiary/aromatic N) is 1. The van der Waals surface area contributed by atoms with Gasteiger partial charge < -0.3 is 19.5 Å². The van der Waals surface area contributed by atoms with Crippen LogP contribution in [0.15, 0.2) is 47.4 Å². The Morgan fingerprint density at radius 3 is 2.55 bits per heavy atom. The number of para-hydroxylation sites is 1. The molecular weight excluding hydrogens is 420 g/mol. The van der Waals surface area contributed by atoms with Crippen molar-refractivity contribution in [1.82, 2.24) is 9.62 Å². The van der Waals surface area contributed by atoms with Gasteiger partial charge in [-0.25, -0.2) is 8.42 Å². The minimum atomic E-state index is -3.58. The predicted molar refractivity (Wildman–Crippen MR) is 116 cm³/mol. The van der Waals surface area contributed by atoms with Crippen molar-refractivity contribution in [3.05, 3.63) is 53.6 Å². The molecule has 1 fully saturated rings. The number of sulfonamides is 1. The molecule has 0 saturated carbocycles. The summed E-state index contributed by atoms with van der Waals surface area (Å²) in [5, 5.41) is 2.88. The second-order valence-electron chi connectivity index (χ2n) is 7.26. The van der Waals surface area contributed by atoms with Gasteiger partial charge in [-0.1, -0.05) is 18.2 Å². The van der Waals surface area contributed by atoms with E-state index in [4.69, 9.17) is 14.2 Å². The summed E-state index contributed by atoms with van der Waals surface area (Å²) in [6, 6.07) is 11.9. The maximum absolute atomic E-state index is 12.8. The average molecular weight is 449 g/mol. The van der Waals surface area contributed by atoms with Gasteiger partial charge in [0.05, 0.1) is 31.3 Å². The highest BCUT2D eigenvalue weighted by Crippen LogP contribution is 2.26. The maximum atomic E-state index is 12.8. The molecule has 9 heteroatoms. The number of benzene rings is 2. The SMILES string of the molecule is COc1ccccc1[C@@H](C)NC(=O)COc1ccc(S(=O)(=O)N2CCOCC2)cc1C. The molecule has 8 nitrogen and oxygen atoms in total. The van der Waals surface area contributed by atoms with Gasteiger partial charge in [-0.15, -0.1) is 0 Å². The van der Waals surface area contributed by atoms with Crippen LogP contribution in [-0.2, 0) is 19.6 Å². The van der Waals surface area contributed by atoms with Crippen LogP contribution in [-0.4, -0.2) is 58.7 Å². The summed E-state index contributed by atoms with van der Waals surface area (Å²) < 4.78 is 43.2. The molecule has 1 aliphatic rings. The highest BCUT2D eigenvalue weighted by molar-refractivity contribution is 7.89. The summed E-state index contributed by atoms with van der Waals surface area (Å²) >= 11 is 0. The quantitative estimate of drug-likeness (QED) is 0.666. The Kier molecular flexibility index (Phi) is 7.53. The third-order valence-electron chi connectivity index (χ3n) is 5.10. The molecule has 0 unspecified atom stereocenters. The molecule has 1 heterocycles. The molecule has 0 radical (unpaired) electrons. The lowest BCUT2D eigenvalue weighted by molar-refractivity contribution is -0.123. The monoisotopic (exact) mass is 448 g/mol. The number of rotatable bonds is 8. The second kappa shape index (κ2) is 10.1. The van der Waals surface area contributed by atoms with E-state index >= 15 is 0 Å². The van der Waals surface area contributed by atoms with Gasteiger partial charge in [0, 0.05) is 18.7 Å². The topological polar surface area (TPSA) is 94.2 Å². The van der Waals surface area contributed by atoms with Crippen LogP contribution in [0, 0.1) is 6.92 Å². The van der Waals surface area contributed by atoms with Gasteiger partial charge in [-0.05, 0) is 43.7 Å². The van der Waals surface area contributed by atoms with Crippen molar-refractivity contribution in [2.75, 3.05) is 40.0 Å². The molecule has 2 aromatic carbocycles.